The molecule has 0 aliphatic rings. The van der Waals surface area contributed by atoms with Gasteiger partial charge in [0.2, 0.25) is 0 Å². The Balaban J connectivity index is 2.60. The third-order valence-electron chi connectivity index (χ3n) is 3.73. The van der Waals surface area contributed by atoms with E-state index in [1.54, 1.807) is 12.1 Å². The van der Waals surface area contributed by atoms with Crippen molar-refractivity contribution in [2.75, 3.05) is 13.2 Å². The molecule has 0 fully saturated rings. The van der Waals surface area contributed by atoms with Gasteiger partial charge in [0.1, 0.15) is 6.61 Å². The Morgan fingerprint density at radius 2 is 1.90 bits per heavy atom. The van der Waals surface area contributed by atoms with Crippen LogP contribution in [0.1, 0.15) is 20.8 Å². The van der Waals surface area contributed by atoms with Crippen LogP contribution in [0, 0.1) is 10.1 Å². The quantitative estimate of drug-likeness (QED) is 0.311. The van der Waals surface area contributed by atoms with Gasteiger partial charge in [0.15, 0.2) is 14.1 Å². The number of nitro groups is 1. The first-order valence-corrected chi connectivity index (χ1v) is 10.5. The number of benzene rings is 1. The fourth-order valence-electron chi connectivity index (χ4n) is 1.42. The van der Waals surface area contributed by atoms with Crippen LogP contribution in [0.3, 0.4) is 0 Å². The van der Waals surface area contributed by atoms with Crippen LogP contribution >= 0.6 is 15.9 Å². The van der Waals surface area contributed by atoms with E-state index < -0.39 is 13.2 Å². The van der Waals surface area contributed by atoms with Gasteiger partial charge in [-0.3, -0.25) is 10.1 Å². The zero-order chi connectivity index (χ0) is 16.3. The monoisotopic (exact) mass is 375 g/mol. The van der Waals surface area contributed by atoms with E-state index in [0.29, 0.717) is 17.7 Å². The normalized spacial score (nSPS) is 12.3. The molecule has 1 aromatic carbocycles. The number of ether oxygens (including phenoxy) is 1. The summed E-state index contributed by atoms with van der Waals surface area (Å²) in [7, 11) is -1.81. The summed E-state index contributed by atoms with van der Waals surface area (Å²) in [5, 5.41) is 11.1. The highest BCUT2D eigenvalue weighted by Gasteiger charge is 2.36. The van der Waals surface area contributed by atoms with Crippen LogP contribution < -0.4 is 4.74 Å². The first kappa shape index (κ1) is 18.1. The first-order valence-electron chi connectivity index (χ1n) is 6.75. The molecule has 21 heavy (non-hydrogen) atoms. The van der Waals surface area contributed by atoms with Crippen LogP contribution in [0.4, 0.5) is 5.69 Å². The van der Waals surface area contributed by atoms with Crippen LogP contribution in [-0.4, -0.2) is 26.5 Å². The molecular weight excluding hydrogens is 354 g/mol. The molecule has 0 aliphatic heterocycles. The highest BCUT2D eigenvalue weighted by atomic mass is 79.9. The summed E-state index contributed by atoms with van der Waals surface area (Å²) in [4.78, 5) is 10.5. The minimum Gasteiger partial charge on any atom is -0.484 e. The zero-order valence-corrected chi connectivity index (χ0v) is 15.7. The lowest BCUT2D eigenvalue weighted by molar-refractivity contribution is -0.386. The Kier molecular flexibility index (Phi) is 5.95. The fourth-order valence-corrected chi connectivity index (χ4v) is 2.80. The van der Waals surface area contributed by atoms with Gasteiger partial charge in [-0.2, -0.15) is 0 Å². The molecule has 0 saturated heterocycles. The number of nitrogens with zero attached hydrogens (tertiary/aromatic N) is 1. The third kappa shape index (κ3) is 5.08. The summed E-state index contributed by atoms with van der Waals surface area (Å²) in [6, 6.07) is 4.75. The lowest BCUT2D eigenvalue weighted by atomic mass is 10.2. The number of hydrogen-bond donors (Lipinski definition) is 0. The van der Waals surface area contributed by atoms with Crippen molar-refractivity contribution in [3.63, 3.8) is 0 Å². The van der Waals surface area contributed by atoms with Gasteiger partial charge in [0.25, 0.3) is 0 Å². The summed E-state index contributed by atoms with van der Waals surface area (Å²) in [5.74, 6) is 0.266. The zero-order valence-electron chi connectivity index (χ0n) is 13.1. The molecule has 0 heterocycles. The Morgan fingerprint density at radius 1 is 1.29 bits per heavy atom. The third-order valence-corrected chi connectivity index (χ3v) is 8.76. The largest absolute Gasteiger partial charge is 0.484 e. The van der Waals surface area contributed by atoms with Crippen molar-refractivity contribution in [2.24, 2.45) is 0 Å². The van der Waals surface area contributed by atoms with E-state index in [2.05, 4.69) is 49.8 Å². The van der Waals surface area contributed by atoms with Gasteiger partial charge in [-0.25, -0.2) is 0 Å². The van der Waals surface area contributed by atoms with Crippen LogP contribution in [0.5, 0.6) is 5.75 Å². The molecule has 0 radical (unpaired) electrons. The number of nitro benzene ring substituents is 1. The molecule has 0 unspecified atom stereocenters. The predicted octanol–water partition coefficient (Wildman–Crippen LogP) is 4.76. The van der Waals surface area contributed by atoms with Crippen LogP contribution in [0.2, 0.25) is 18.1 Å². The van der Waals surface area contributed by atoms with E-state index in [0.717, 1.165) is 0 Å². The molecule has 0 bridgehead atoms. The number of rotatable bonds is 6. The van der Waals surface area contributed by atoms with Gasteiger partial charge >= 0.3 is 5.69 Å². The Morgan fingerprint density at radius 3 is 2.43 bits per heavy atom. The second-order valence-corrected chi connectivity index (χ2v) is 12.1. The Hall–Kier alpha value is -0.923. The topological polar surface area (TPSA) is 61.6 Å². The smallest absolute Gasteiger partial charge is 0.312 e. The van der Waals surface area contributed by atoms with Crippen LogP contribution in [-0.2, 0) is 4.43 Å². The summed E-state index contributed by atoms with van der Waals surface area (Å²) in [6.07, 6.45) is 0. The summed E-state index contributed by atoms with van der Waals surface area (Å²) in [5.41, 5.74) is -0.0447. The Labute approximate surface area is 135 Å². The van der Waals surface area contributed by atoms with Crippen molar-refractivity contribution in [1.82, 2.24) is 0 Å². The van der Waals surface area contributed by atoms with Crippen molar-refractivity contribution < 1.29 is 14.1 Å². The van der Waals surface area contributed by atoms with Crippen molar-refractivity contribution in [3.8, 4) is 5.75 Å². The van der Waals surface area contributed by atoms with Crippen molar-refractivity contribution >= 4 is 29.9 Å². The minimum absolute atomic E-state index is 0.0447. The van der Waals surface area contributed by atoms with E-state index in [9.17, 15) is 10.1 Å². The highest BCUT2D eigenvalue weighted by Crippen LogP contribution is 2.36. The molecule has 5 nitrogen and oxygen atoms in total. The van der Waals surface area contributed by atoms with Crippen molar-refractivity contribution in [2.45, 2.75) is 38.9 Å². The highest BCUT2D eigenvalue weighted by molar-refractivity contribution is 9.10. The second-order valence-electron chi connectivity index (χ2n) is 6.33. The molecular formula is C14H22BrNO4Si. The molecule has 1 aromatic rings. The minimum atomic E-state index is -1.81. The first-order chi connectivity index (χ1) is 9.54. The van der Waals surface area contributed by atoms with E-state index >= 15 is 0 Å². The van der Waals surface area contributed by atoms with Crippen molar-refractivity contribution in [1.29, 1.82) is 0 Å². The van der Waals surface area contributed by atoms with Gasteiger partial charge in [0.05, 0.1) is 11.5 Å². The molecule has 0 atom stereocenters. The number of halogens is 1. The molecule has 7 heteroatoms. The molecule has 0 spiro atoms. The van der Waals surface area contributed by atoms with Gasteiger partial charge in [-0.15, -0.1) is 0 Å². The SMILES string of the molecule is CC(C)(C)[Si](C)(C)OCCOc1ccc(Br)cc1[N+](=O)[O-]. The molecule has 0 amide bonds. The molecule has 1 rings (SSSR count). The average Bonchev–Trinajstić information content (AvgIpc) is 2.34. The maximum absolute atomic E-state index is 11.0. The van der Waals surface area contributed by atoms with Gasteiger partial charge in [0, 0.05) is 10.5 Å². The van der Waals surface area contributed by atoms with Crippen molar-refractivity contribution in [3.05, 3.63) is 32.8 Å². The summed E-state index contributed by atoms with van der Waals surface area (Å²) < 4.78 is 12.1. The molecule has 0 saturated carbocycles. The van der Waals surface area contributed by atoms with Crippen LogP contribution in [0.15, 0.2) is 22.7 Å². The van der Waals surface area contributed by atoms with E-state index in [1.165, 1.54) is 6.07 Å². The predicted molar refractivity (Wildman–Crippen MR) is 89.4 cm³/mol. The average molecular weight is 376 g/mol. The summed E-state index contributed by atoms with van der Waals surface area (Å²) >= 11 is 3.22. The summed E-state index contributed by atoms with van der Waals surface area (Å²) in [6.45, 7) is 11.6. The standard InChI is InChI=1S/C14H22BrNO4Si/c1-14(2,3)21(4,5)20-9-8-19-13-7-6-11(15)10-12(13)16(17)18/h6-7,10H,8-9H2,1-5H3. The maximum Gasteiger partial charge on any atom is 0.312 e. The maximum atomic E-state index is 11.0. The second kappa shape index (κ2) is 6.89. The van der Waals surface area contributed by atoms with Gasteiger partial charge < -0.3 is 9.16 Å². The lowest BCUT2D eigenvalue weighted by Crippen LogP contribution is -2.41. The fraction of sp³-hybridized carbons (Fsp3) is 0.571. The van der Waals surface area contributed by atoms with E-state index in [1.807, 2.05) is 0 Å². The van der Waals surface area contributed by atoms with E-state index in [-0.39, 0.29) is 16.5 Å². The van der Waals surface area contributed by atoms with E-state index in [4.69, 9.17) is 9.16 Å². The molecule has 118 valence electrons. The Bertz CT molecular complexity index is 514. The molecule has 0 aliphatic carbocycles. The van der Waals surface area contributed by atoms with Gasteiger partial charge in [-0.1, -0.05) is 36.7 Å². The number of hydrogen-bond acceptors (Lipinski definition) is 4. The lowest BCUT2D eigenvalue weighted by Gasteiger charge is -2.36. The van der Waals surface area contributed by atoms with Gasteiger partial charge in [-0.05, 0) is 30.3 Å². The molecule has 0 aromatic heterocycles. The molecule has 0 N–H and O–H groups in total. The van der Waals surface area contributed by atoms with Crippen LogP contribution in [0.25, 0.3) is 0 Å².